The molecule has 0 bridgehead atoms. The van der Waals surface area contributed by atoms with Crippen LogP contribution in [0.2, 0.25) is 0 Å². The Morgan fingerprint density at radius 2 is 2.00 bits per heavy atom. The van der Waals surface area contributed by atoms with E-state index >= 15 is 0 Å². The fourth-order valence-electron chi connectivity index (χ4n) is 4.05. The monoisotopic (exact) mass is 409 g/mol. The number of aromatic nitrogens is 2. The van der Waals surface area contributed by atoms with Crippen LogP contribution in [0.3, 0.4) is 0 Å². The van der Waals surface area contributed by atoms with Crippen LogP contribution in [0.15, 0.2) is 35.4 Å². The van der Waals surface area contributed by atoms with E-state index < -0.39 is 0 Å². The highest BCUT2D eigenvalue weighted by Gasteiger charge is 2.20. The minimum absolute atomic E-state index is 0.00669. The van der Waals surface area contributed by atoms with E-state index in [1.165, 1.54) is 22.4 Å². The van der Waals surface area contributed by atoms with Crippen LogP contribution in [-0.4, -0.2) is 15.5 Å². The first-order valence-corrected chi connectivity index (χ1v) is 11.2. The Balaban J connectivity index is 1.46. The third kappa shape index (κ3) is 4.13. The van der Waals surface area contributed by atoms with E-state index in [0.717, 1.165) is 41.5 Å². The molecule has 152 valence electrons. The number of aryl methyl sites for hydroxylation is 4. The lowest BCUT2D eigenvalue weighted by Gasteiger charge is -2.18. The Labute approximate surface area is 174 Å². The maximum Gasteiger partial charge on any atom is 0.262 e. The van der Waals surface area contributed by atoms with E-state index in [-0.39, 0.29) is 23.9 Å². The Morgan fingerprint density at radius 1 is 1.24 bits per heavy atom. The molecule has 0 fully saturated rings. The van der Waals surface area contributed by atoms with Gasteiger partial charge in [0, 0.05) is 17.8 Å². The van der Waals surface area contributed by atoms with E-state index in [1.54, 1.807) is 22.2 Å². The van der Waals surface area contributed by atoms with Gasteiger partial charge < -0.3 is 5.32 Å². The summed E-state index contributed by atoms with van der Waals surface area (Å²) in [5, 5.41) is 3.88. The molecule has 0 unspecified atom stereocenters. The fraction of sp³-hybridized carbons (Fsp3) is 0.435. The van der Waals surface area contributed by atoms with Crippen LogP contribution in [0.5, 0.6) is 0 Å². The largest absolute Gasteiger partial charge is 0.349 e. The van der Waals surface area contributed by atoms with Crippen LogP contribution >= 0.6 is 11.3 Å². The first-order chi connectivity index (χ1) is 14.1. The molecule has 5 nitrogen and oxygen atoms in total. The Kier molecular flexibility index (Phi) is 5.81. The van der Waals surface area contributed by atoms with Crippen LogP contribution in [-0.2, 0) is 24.2 Å². The van der Waals surface area contributed by atoms with Crippen molar-refractivity contribution in [2.75, 3.05) is 0 Å². The summed E-state index contributed by atoms with van der Waals surface area (Å²) in [5.41, 5.74) is 3.50. The minimum atomic E-state index is -0.0447. The molecule has 6 heteroatoms. The number of thiophene rings is 1. The van der Waals surface area contributed by atoms with Crippen LogP contribution in [0.25, 0.3) is 10.2 Å². The zero-order valence-corrected chi connectivity index (χ0v) is 17.8. The normalized spacial score (nSPS) is 14.6. The molecule has 2 heterocycles. The van der Waals surface area contributed by atoms with E-state index in [1.807, 2.05) is 0 Å². The quantitative estimate of drug-likeness (QED) is 0.660. The van der Waals surface area contributed by atoms with Crippen molar-refractivity contribution >= 4 is 27.5 Å². The molecular weight excluding hydrogens is 382 g/mol. The molecule has 0 saturated carbocycles. The minimum Gasteiger partial charge on any atom is -0.349 e. The molecule has 1 aromatic carbocycles. The summed E-state index contributed by atoms with van der Waals surface area (Å²) in [6.45, 7) is 4.46. The van der Waals surface area contributed by atoms with E-state index in [4.69, 9.17) is 0 Å². The lowest BCUT2D eigenvalue weighted by Crippen LogP contribution is -2.30. The molecule has 0 radical (unpaired) electrons. The summed E-state index contributed by atoms with van der Waals surface area (Å²) in [4.78, 5) is 32.2. The Bertz CT molecular complexity index is 1080. The highest BCUT2D eigenvalue weighted by Crippen LogP contribution is 2.33. The summed E-state index contributed by atoms with van der Waals surface area (Å²) < 4.78 is 1.59. The molecule has 0 spiro atoms. The first kappa shape index (κ1) is 19.8. The van der Waals surface area contributed by atoms with Gasteiger partial charge in [0.1, 0.15) is 4.83 Å². The van der Waals surface area contributed by atoms with Crippen molar-refractivity contribution in [3.05, 3.63) is 62.5 Å². The van der Waals surface area contributed by atoms with Gasteiger partial charge in [-0.25, -0.2) is 4.98 Å². The number of nitrogens with one attached hydrogen (secondary N) is 1. The fourth-order valence-corrected chi connectivity index (χ4v) is 5.27. The topological polar surface area (TPSA) is 64.0 Å². The standard InChI is InChI=1S/C23H27N3O2S/c1-3-18(16-10-8-15(2)9-11-16)25-20(27)12-13-26-14-24-22-21(23(26)28)17-6-4-5-7-19(17)29-22/h8-11,14,18H,3-7,12-13H2,1-2H3,(H,25,27)/t18-/m1/s1. The molecule has 3 aromatic rings. The third-order valence-corrected chi connectivity index (χ3v) is 6.94. The highest BCUT2D eigenvalue weighted by molar-refractivity contribution is 7.18. The van der Waals surface area contributed by atoms with E-state index in [9.17, 15) is 9.59 Å². The second kappa shape index (κ2) is 8.49. The molecule has 1 aliphatic carbocycles. The molecule has 1 amide bonds. The van der Waals surface area contributed by atoms with Gasteiger partial charge in [0.25, 0.3) is 5.56 Å². The number of hydrogen-bond donors (Lipinski definition) is 1. The van der Waals surface area contributed by atoms with Crippen LogP contribution in [0.1, 0.15) is 60.2 Å². The van der Waals surface area contributed by atoms with Crippen molar-refractivity contribution in [1.29, 1.82) is 0 Å². The van der Waals surface area contributed by atoms with Gasteiger partial charge in [0.15, 0.2) is 0 Å². The second-order valence-corrected chi connectivity index (χ2v) is 8.91. The second-order valence-electron chi connectivity index (χ2n) is 7.82. The Hall–Kier alpha value is -2.47. The van der Waals surface area contributed by atoms with Gasteiger partial charge >= 0.3 is 0 Å². The zero-order valence-electron chi connectivity index (χ0n) is 17.0. The predicted octanol–water partition coefficient (Wildman–Crippen LogP) is 4.30. The van der Waals surface area contributed by atoms with Gasteiger partial charge in [-0.2, -0.15) is 0 Å². The van der Waals surface area contributed by atoms with Crippen molar-refractivity contribution < 1.29 is 4.79 Å². The SMILES string of the molecule is CC[C@@H](NC(=O)CCn1cnc2sc3c(c2c1=O)CCCC3)c1ccc(C)cc1. The number of fused-ring (bicyclic) bond motifs is 3. The van der Waals surface area contributed by atoms with Crippen molar-refractivity contribution in [2.24, 2.45) is 0 Å². The molecule has 1 atom stereocenters. The van der Waals surface area contributed by atoms with Crippen molar-refractivity contribution in [1.82, 2.24) is 14.9 Å². The summed E-state index contributed by atoms with van der Waals surface area (Å²) in [6, 6.07) is 8.24. The number of hydrogen-bond acceptors (Lipinski definition) is 4. The smallest absolute Gasteiger partial charge is 0.262 e. The predicted molar refractivity (Wildman–Crippen MR) is 117 cm³/mol. The average molecular weight is 410 g/mol. The van der Waals surface area contributed by atoms with Crippen molar-refractivity contribution in [2.45, 2.75) is 65.0 Å². The summed E-state index contributed by atoms with van der Waals surface area (Å²) in [7, 11) is 0. The number of carbonyl (C=O) groups excluding carboxylic acids is 1. The van der Waals surface area contributed by atoms with Crippen molar-refractivity contribution in [3.63, 3.8) is 0 Å². The summed E-state index contributed by atoms with van der Waals surface area (Å²) in [6.07, 6.45) is 7.02. The van der Waals surface area contributed by atoms with E-state index in [2.05, 4.69) is 48.4 Å². The molecule has 1 aliphatic rings. The first-order valence-electron chi connectivity index (χ1n) is 10.4. The lowest BCUT2D eigenvalue weighted by molar-refractivity contribution is -0.122. The van der Waals surface area contributed by atoms with Gasteiger partial charge in [0.05, 0.1) is 17.8 Å². The van der Waals surface area contributed by atoms with Crippen LogP contribution < -0.4 is 10.9 Å². The number of rotatable bonds is 6. The maximum absolute atomic E-state index is 13.0. The lowest BCUT2D eigenvalue weighted by atomic mass is 9.97. The molecule has 29 heavy (non-hydrogen) atoms. The van der Waals surface area contributed by atoms with Crippen molar-refractivity contribution in [3.8, 4) is 0 Å². The third-order valence-electron chi connectivity index (χ3n) is 5.74. The Morgan fingerprint density at radius 3 is 2.76 bits per heavy atom. The number of benzene rings is 1. The van der Waals surface area contributed by atoms with E-state index in [0.29, 0.717) is 6.54 Å². The molecule has 0 saturated heterocycles. The van der Waals surface area contributed by atoms with Gasteiger partial charge in [0.2, 0.25) is 5.91 Å². The molecule has 1 N–H and O–H groups in total. The summed E-state index contributed by atoms with van der Waals surface area (Å²) >= 11 is 1.65. The van der Waals surface area contributed by atoms with Crippen LogP contribution in [0.4, 0.5) is 0 Å². The number of amides is 1. The van der Waals surface area contributed by atoms with Gasteiger partial charge in [-0.15, -0.1) is 11.3 Å². The van der Waals surface area contributed by atoms with Gasteiger partial charge in [-0.1, -0.05) is 36.8 Å². The van der Waals surface area contributed by atoms with Gasteiger partial charge in [-0.05, 0) is 50.2 Å². The van der Waals surface area contributed by atoms with Gasteiger partial charge in [-0.3, -0.25) is 14.2 Å². The van der Waals surface area contributed by atoms with Crippen LogP contribution in [0, 0.1) is 6.92 Å². The maximum atomic E-state index is 13.0. The number of carbonyl (C=O) groups is 1. The molecular formula is C23H27N3O2S. The number of nitrogens with zero attached hydrogens (tertiary/aromatic N) is 2. The zero-order chi connectivity index (χ0) is 20.4. The summed E-state index contributed by atoms with van der Waals surface area (Å²) in [5.74, 6) is -0.0447. The highest BCUT2D eigenvalue weighted by atomic mass is 32.1. The molecule has 2 aromatic heterocycles. The molecule has 4 rings (SSSR count). The average Bonchev–Trinajstić information content (AvgIpc) is 3.11. The molecule has 0 aliphatic heterocycles.